The first-order valence-electron chi connectivity index (χ1n) is 7.82. The lowest BCUT2D eigenvalue weighted by molar-refractivity contribution is 0.227. The molecule has 0 radical (unpaired) electrons. The zero-order valence-electron chi connectivity index (χ0n) is 14.1. The van der Waals surface area contributed by atoms with Gasteiger partial charge in [-0.3, -0.25) is 0 Å². The van der Waals surface area contributed by atoms with Gasteiger partial charge in [0.25, 0.3) is 0 Å². The summed E-state index contributed by atoms with van der Waals surface area (Å²) in [4.78, 5) is 0. The van der Waals surface area contributed by atoms with Gasteiger partial charge >= 0.3 is 0 Å². The van der Waals surface area contributed by atoms with E-state index in [4.69, 9.17) is 9.47 Å². The third kappa shape index (κ3) is 4.98. The summed E-state index contributed by atoms with van der Waals surface area (Å²) in [7, 11) is 1.67. The predicted octanol–water partition coefficient (Wildman–Crippen LogP) is 5.10. The molecule has 0 bridgehead atoms. The lowest BCUT2D eigenvalue weighted by Crippen LogP contribution is -2.19. The summed E-state index contributed by atoms with van der Waals surface area (Å²) >= 11 is 3.54. The molecule has 4 heteroatoms. The fourth-order valence-corrected chi connectivity index (χ4v) is 2.88. The molecule has 0 amide bonds. The van der Waals surface area contributed by atoms with Crippen LogP contribution in [0.2, 0.25) is 0 Å². The number of ether oxygens (including phenoxy) is 2. The second kappa shape index (κ2) is 8.37. The monoisotopic (exact) mass is 377 g/mol. The maximum absolute atomic E-state index is 5.97. The molecule has 0 aromatic heterocycles. The highest BCUT2D eigenvalue weighted by atomic mass is 79.9. The van der Waals surface area contributed by atoms with E-state index in [1.165, 1.54) is 5.56 Å². The first kappa shape index (κ1) is 17.8. The lowest BCUT2D eigenvalue weighted by Gasteiger charge is -2.20. The van der Waals surface area contributed by atoms with Crippen LogP contribution in [0, 0.1) is 0 Å². The van der Waals surface area contributed by atoms with Crippen LogP contribution in [0.5, 0.6) is 11.5 Å². The Kier molecular flexibility index (Phi) is 6.48. The van der Waals surface area contributed by atoms with Crippen LogP contribution in [0.1, 0.15) is 37.9 Å². The van der Waals surface area contributed by atoms with Crippen molar-refractivity contribution in [3.8, 4) is 11.5 Å². The molecule has 0 aliphatic rings. The van der Waals surface area contributed by atoms with Crippen LogP contribution in [0.4, 0.5) is 0 Å². The highest BCUT2D eigenvalue weighted by Gasteiger charge is 2.15. The maximum atomic E-state index is 5.97. The Hall–Kier alpha value is -1.52. The lowest BCUT2D eigenvalue weighted by atomic mass is 10.1. The molecule has 0 saturated carbocycles. The van der Waals surface area contributed by atoms with Crippen molar-refractivity contribution in [3.05, 3.63) is 58.1 Å². The highest BCUT2D eigenvalue weighted by molar-refractivity contribution is 9.10. The quantitative estimate of drug-likeness (QED) is 0.728. The molecule has 1 atom stereocenters. The first-order chi connectivity index (χ1) is 11.0. The fraction of sp³-hybridized carbons (Fsp3) is 0.368. The summed E-state index contributed by atoms with van der Waals surface area (Å²) < 4.78 is 12.4. The Bertz CT molecular complexity index is 629. The van der Waals surface area contributed by atoms with Gasteiger partial charge < -0.3 is 14.8 Å². The Morgan fingerprint density at radius 1 is 1.09 bits per heavy atom. The molecule has 0 aliphatic heterocycles. The molecule has 0 spiro atoms. The van der Waals surface area contributed by atoms with E-state index in [1.54, 1.807) is 7.11 Å². The standard InChI is InChI=1S/C19H24BrNO2/c1-13(2)23-19-16(10-17(20)11-18(19)22-4)12-21-14(3)15-8-6-5-7-9-15/h5-11,13-14,21H,12H2,1-4H3/t14-/m1/s1. The van der Waals surface area contributed by atoms with Crippen LogP contribution in [0.3, 0.4) is 0 Å². The molecule has 0 saturated heterocycles. The van der Waals surface area contributed by atoms with Gasteiger partial charge in [0.2, 0.25) is 0 Å². The van der Waals surface area contributed by atoms with Gasteiger partial charge in [-0.2, -0.15) is 0 Å². The van der Waals surface area contributed by atoms with E-state index in [9.17, 15) is 0 Å². The number of benzene rings is 2. The van der Waals surface area contributed by atoms with Crippen LogP contribution < -0.4 is 14.8 Å². The summed E-state index contributed by atoms with van der Waals surface area (Å²) in [5.74, 6) is 1.55. The normalized spacial score (nSPS) is 12.3. The minimum Gasteiger partial charge on any atom is -0.493 e. The van der Waals surface area contributed by atoms with Crippen molar-refractivity contribution in [2.24, 2.45) is 0 Å². The maximum Gasteiger partial charge on any atom is 0.166 e. The SMILES string of the molecule is COc1cc(Br)cc(CN[C@H](C)c2ccccc2)c1OC(C)C. The van der Waals surface area contributed by atoms with Crippen molar-refractivity contribution >= 4 is 15.9 Å². The van der Waals surface area contributed by atoms with Gasteiger partial charge in [-0.1, -0.05) is 46.3 Å². The van der Waals surface area contributed by atoms with Gasteiger partial charge in [-0.25, -0.2) is 0 Å². The Balaban J connectivity index is 2.19. The molecule has 3 nitrogen and oxygen atoms in total. The largest absolute Gasteiger partial charge is 0.493 e. The minimum atomic E-state index is 0.0929. The smallest absolute Gasteiger partial charge is 0.166 e. The summed E-state index contributed by atoms with van der Waals surface area (Å²) in [6.07, 6.45) is 0.0929. The van der Waals surface area contributed by atoms with Gasteiger partial charge in [-0.15, -0.1) is 0 Å². The molecule has 0 heterocycles. The molecule has 2 aromatic carbocycles. The van der Waals surface area contributed by atoms with E-state index in [0.29, 0.717) is 6.54 Å². The number of methoxy groups -OCH3 is 1. The van der Waals surface area contributed by atoms with Crippen LogP contribution >= 0.6 is 15.9 Å². The predicted molar refractivity (Wildman–Crippen MR) is 98.2 cm³/mol. The molecular formula is C19H24BrNO2. The number of nitrogens with one attached hydrogen (secondary N) is 1. The van der Waals surface area contributed by atoms with Crippen LogP contribution in [0.15, 0.2) is 46.9 Å². The van der Waals surface area contributed by atoms with E-state index in [-0.39, 0.29) is 12.1 Å². The van der Waals surface area contributed by atoms with Crippen molar-refractivity contribution in [2.75, 3.05) is 7.11 Å². The van der Waals surface area contributed by atoms with Gasteiger partial charge in [0.15, 0.2) is 11.5 Å². The summed E-state index contributed by atoms with van der Waals surface area (Å²) in [6.45, 7) is 6.90. The molecule has 2 rings (SSSR count). The van der Waals surface area contributed by atoms with Gasteiger partial charge in [0.1, 0.15) is 0 Å². The Morgan fingerprint density at radius 2 is 1.78 bits per heavy atom. The van der Waals surface area contributed by atoms with Gasteiger partial charge in [0, 0.05) is 22.6 Å². The van der Waals surface area contributed by atoms with Crippen molar-refractivity contribution in [1.29, 1.82) is 0 Å². The second-order valence-electron chi connectivity index (χ2n) is 5.78. The average Bonchev–Trinajstić information content (AvgIpc) is 2.54. The Morgan fingerprint density at radius 3 is 2.39 bits per heavy atom. The van der Waals surface area contributed by atoms with E-state index < -0.39 is 0 Å². The van der Waals surface area contributed by atoms with E-state index in [0.717, 1.165) is 21.5 Å². The van der Waals surface area contributed by atoms with Crippen molar-refractivity contribution in [1.82, 2.24) is 5.32 Å². The summed E-state index contributed by atoms with van der Waals surface area (Å²) in [5, 5.41) is 3.55. The third-order valence-corrected chi connectivity index (χ3v) is 4.03. The summed E-state index contributed by atoms with van der Waals surface area (Å²) in [5.41, 5.74) is 2.34. The van der Waals surface area contributed by atoms with E-state index in [1.807, 2.05) is 26.0 Å². The molecule has 0 fully saturated rings. The highest BCUT2D eigenvalue weighted by Crippen LogP contribution is 2.35. The number of hydrogen-bond donors (Lipinski definition) is 1. The van der Waals surface area contributed by atoms with Crippen LogP contribution in [-0.4, -0.2) is 13.2 Å². The van der Waals surface area contributed by atoms with Crippen molar-refractivity contribution < 1.29 is 9.47 Å². The first-order valence-corrected chi connectivity index (χ1v) is 8.62. The van der Waals surface area contributed by atoms with E-state index >= 15 is 0 Å². The molecule has 0 aliphatic carbocycles. The molecule has 1 N–H and O–H groups in total. The molecule has 0 unspecified atom stereocenters. The Labute approximate surface area is 147 Å². The molecule has 124 valence electrons. The molecule has 2 aromatic rings. The zero-order valence-corrected chi connectivity index (χ0v) is 15.7. The van der Waals surface area contributed by atoms with Crippen molar-refractivity contribution in [3.63, 3.8) is 0 Å². The van der Waals surface area contributed by atoms with Crippen molar-refractivity contribution in [2.45, 2.75) is 39.5 Å². The minimum absolute atomic E-state index is 0.0929. The van der Waals surface area contributed by atoms with Crippen LogP contribution in [-0.2, 0) is 6.54 Å². The fourth-order valence-electron chi connectivity index (χ4n) is 2.40. The summed E-state index contributed by atoms with van der Waals surface area (Å²) in [6, 6.07) is 14.7. The second-order valence-corrected chi connectivity index (χ2v) is 6.69. The number of halogens is 1. The number of hydrogen-bond acceptors (Lipinski definition) is 3. The topological polar surface area (TPSA) is 30.5 Å². The third-order valence-electron chi connectivity index (χ3n) is 3.57. The van der Waals surface area contributed by atoms with Gasteiger partial charge in [-0.05, 0) is 38.5 Å². The zero-order chi connectivity index (χ0) is 16.8. The van der Waals surface area contributed by atoms with Crippen LogP contribution in [0.25, 0.3) is 0 Å². The molecule has 23 heavy (non-hydrogen) atoms. The van der Waals surface area contributed by atoms with E-state index in [2.05, 4.69) is 58.5 Å². The molecular weight excluding hydrogens is 354 g/mol. The number of rotatable bonds is 7. The average molecular weight is 378 g/mol. The van der Waals surface area contributed by atoms with Gasteiger partial charge in [0.05, 0.1) is 13.2 Å².